The maximum absolute atomic E-state index is 14.0. The van der Waals surface area contributed by atoms with Crippen molar-refractivity contribution in [2.24, 2.45) is 11.8 Å². The predicted octanol–water partition coefficient (Wildman–Crippen LogP) is 9.85. The first kappa shape index (κ1) is 42.0. The highest BCUT2D eigenvalue weighted by Crippen LogP contribution is 2.73. The summed E-state index contributed by atoms with van der Waals surface area (Å²) in [4.78, 5) is 55.4. The number of hydrogen-bond donors (Lipinski definition) is 1. The number of phosphoric acid groups is 1. The van der Waals surface area contributed by atoms with Gasteiger partial charge in [0.15, 0.2) is 0 Å². The van der Waals surface area contributed by atoms with E-state index in [0.717, 1.165) is 51.4 Å². The quantitative estimate of drug-likeness (QED) is 0.0382. The van der Waals surface area contributed by atoms with Crippen molar-refractivity contribution in [3.05, 3.63) is 0 Å². The summed E-state index contributed by atoms with van der Waals surface area (Å²) in [5.74, 6) is -7.43. The van der Waals surface area contributed by atoms with E-state index in [9.17, 15) is 28.8 Å². The van der Waals surface area contributed by atoms with E-state index in [1.807, 2.05) is 0 Å². The van der Waals surface area contributed by atoms with Crippen LogP contribution in [-0.2, 0) is 37.3 Å². The predicted molar refractivity (Wildman–Crippen MR) is 189 cm³/mol. The molecule has 4 aliphatic heterocycles. The van der Waals surface area contributed by atoms with Crippen LogP contribution in [0.4, 0.5) is 0 Å². The lowest BCUT2D eigenvalue weighted by atomic mass is 9.91. The summed E-state index contributed by atoms with van der Waals surface area (Å²) in [7, 11) is -4.11. The first-order valence-electron chi connectivity index (χ1n) is 20.0. The number of ketones is 2. The topological polar surface area (TPSA) is 137 Å². The largest absolute Gasteiger partial charge is 0.486 e. The minimum atomic E-state index is -4.11. The molecule has 4 rings (SSSR count). The number of Topliss-reactive ketones (excluding diaryl/α,β-unsaturated/α-hetero) is 2. The fraction of sp³-hybridized carbons (Fsp3) is 0.895. The maximum atomic E-state index is 14.0. The van der Waals surface area contributed by atoms with Crippen LogP contribution in [0.1, 0.15) is 194 Å². The van der Waals surface area contributed by atoms with Gasteiger partial charge in [-0.2, -0.15) is 0 Å². The summed E-state index contributed by atoms with van der Waals surface area (Å²) >= 11 is 0. The van der Waals surface area contributed by atoms with Gasteiger partial charge in [-0.05, 0) is 12.8 Å². The fourth-order valence-corrected chi connectivity index (χ4v) is 8.75. The number of carbonyl (C=O) groups is 4. The number of unbranched alkanes of at least 4 members (excludes halogenated alkanes) is 22. The summed E-state index contributed by atoms with van der Waals surface area (Å²) < 4.78 is 27.6. The first-order valence-corrected chi connectivity index (χ1v) is 21.5. The van der Waals surface area contributed by atoms with Crippen molar-refractivity contribution in [3.63, 3.8) is 0 Å². The van der Waals surface area contributed by atoms with Crippen LogP contribution in [0, 0.1) is 11.8 Å². The molecule has 10 nitrogen and oxygen atoms in total. The number of rotatable bonds is 27. The number of imide groups is 1. The van der Waals surface area contributed by atoms with Gasteiger partial charge >= 0.3 is 13.8 Å². The van der Waals surface area contributed by atoms with E-state index in [2.05, 4.69) is 13.8 Å². The molecule has 282 valence electrons. The van der Waals surface area contributed by atoms with E-state index in [-0.39, 0.29) is 25.7 Å². The van der Waals surface area contributed by atoms with Crippen molar-refractivity contribution in [2.75, 3.05) is 0 Å². The van der Waals surface area contributed by atoms with Gasteiger partial charge in [0.1, 0.15) is 11.6 Å². The summed E-state index contributed by atoms with van der Waals surface area (Å²) in [5.41, 5.74) is 0. The van der Waals surface area contributed by atoms with Gasteiger partial charge in [0.2, 0.25) is 18.0 Å². The number of hydrogen-bond acceptors (Lipinski definition) is 9. The van der Waals surface area contributed by atoms with Crippen LogP contribution in [0.15, 0.2) is 0 Å². The van der Waals surface area contributed by atoms with Gasteiger partial charge in [-0.25, -0.2) is 18.5 Å². The van der Waals surface area contributed by atoms with E-state index in [1.165, 1.54) is 89.9 Å². The summed E-state index contributed by atoms with van der Waals surface area (Å²) in [6.45, 7) is 4.45. The molecule has 49 heavy (non-hydrogen) atoms. The molecule has 3 unspecified atom stereocenters. The summed E-state index contributed by atoms with van der Waals surface area (Å²) in [5, 5.41) is 10.7. The zero-order chi connectivity index (χ0) is 35.5. The van der Waals surface area contributed by atoms with Crippen LogP contribution in [-0.4, -0.2) is 45.6 Å². The molecule has 11 heteroatoms. The van der Waals surface area contributed by atoms with Crippen molar-refractivity contribution in [3.8, 4) is 0 Å². The van der Waals surface area contributed by atoms with Crippen molar-refractivity contribution in [2.45, 2.75) is 206 Å². The Balaban J connectivity index is 1.51. The molecule has 0 aliphatic carbocycles. The maximum Gasteiger partial charge on any atom is 0.486 e. The van der Waals surface area contributed by atoms with Crippen LogP contribution in [0.25, 0.3) is 0 Å². The van der Waals surface area contributed by atoms with Gasteiger partial charge in [0.25, 0.3) is 0 Å². The molecule has 4 heterocycles. The molecule has 1 N–H and O–H groups in total. The van der Waals surface area contributed by atoms with Gasteiger partial charge in [-0.1, -0.05) is 168 Å². The van der Waals surface area contributed by atoms with Crippen molar-refractivity contribution in [1.82, 2.24) is 4.90 Å². The molecule has 2 bridgehead atoms. The van der Waals surface area contributed by atoms with Gasteiger partial charge < -0.3 is 5.11 Å². The molecule has 4 aliphatic rings. The second-order valence-electron chi connectivity index (χ2n) is 14.7. The lowest BCUT2D eigenvalue weighted by molar-refractivity contribution is -0.337. The monoisotopic (exact) mass is 711 g/mol. The first-order chi connectivity index (χ1) is 23.7. The van der Waals surface area contributed by atoms with Crippen LogP contribution < -0.4 is 0 Å². The van der Waals surface area contributed by atoms with E-state index in [4.69, 9.17) is 13.6 Å². The molecule has 3 atom stereocenters. The second kappa shape index (κ2) is 22.5. The van der Waals surface area contributed by atoms with Gasteiger partial charge in [0.05, 0.1) is 11.8 Å². The molecule has 0 aromatic rings. The Bertz CT molecular complexity index is 1010. The highest BCUT2D eigenvalue weighted by Gasteiger charge is 2.75. The van der Waals surface area contributed by atoms with Crippen LogP contribution in [0.3, 0.4) is 0 Å². The molecular formula is C38H66NO9P. The average Bonchev–Trinajstić information content (AvgIpc) is 3.48. The third-order valence-corrected chi connectivity index (χ3v) is 11.8. The Morgan fingerprint density at radius 1 is 0.571 bits per heavy atom. The molecular weight excluding hydrogens is 645 g/mol. The zero-order valence-electron chi connectivity index (χ0n) is 30.6. The average molecular weight is 712 g/mol. The number of aliphatic hydroxyl groups is 1. The SMILES string of the molecule is CCCCCCCCCCCCCCC1C(=O)CCC(=O)C(CCCCCCCCCCCCCC)C(=O)N(C2OP3(=O)OC2(O)O3)C1=O. The molecule has 4 fully saturated rings. The van der Waals surface area contributed by atoms with E-state index >= 15 is 0 Å². The number of carbonyl (C=O) groups excluding carboxylic acids is 4. The summed E-state index contributed by atoms with van der Waals surface area (Å²) in [6.07, 6.45) is 25.7. The lowest BCUT2D eigenvalue weighted by Crippen LogP contribution is -2.59. The van der Waals surface area contributed by atoms with Crippen LogP contribution in [0.2, 0.25) is 0 Å². The third-order valence-electron chi connectivity index (χ3n) is 10.4. The molecule has 4 saturated heterocycles. The molecule has 2 amide bonds. The Morgan fingerprint density at radius 3 is 1.16 bits per heavy atom. The zero-order valence-corrected chi connectivity index (χ0v) is 31.5. The number of amides is 2. The molecule has 0 aromatic carbocycles. The lowest BCUT2D eigenvalue weighted by Gasteiger charge is -2.35. The van der Waals surface area contributed by atoms with Gasteiger partial charge in [0, 0.05) is 12.8 Å². The Hall–Kier alpha value is -1.45. The Labute approximate surface area is 295 Å². The number of fused-ring (bicyclic) bond motifs is 1. The number of phosphoric ester groups is 1. The minimum absolute atomic E-state index is 0.120. The molecule has 0 radical (unpaired) electrons. The fourth-order valence-electron chi connectivity index (χ4n) is 7.35. The number of nitrogens with zero attached hydrogens (tertiary/aromatic N) is 1. The normalized spacial score (nSPS) is 27.3. The van der Waals surface area contributed by atoms with Crippen LogP contribution >= 0.6 is 7.82 Å². The van der Waals surface area contributed by atoms with Gasteiger partial charge in [-0.3, -0.25) is 23.7 Å². The smallest absolute Gasteiger partial charge is 0.339 e. The van der Waals surface area contributed by atoms with E-state index < -0.39 is 55.2 Å². The van der Waals surface area contributed by atoms with E-state index in [1.54, 1.807) is 0 Å². The molecule has 0 aromatic heterocycles. The van der Waals surface area contributed by atoms with Gasteiger partial charge in [-0.15, -0.1) is 0 Å². The Kier molecular flexibility index (Phi) is 19.3. The minimum Gasteiger partial charge on any atom is -0.339 e. The third kappa shape index (κ3) is 13.6. The van der Waals surface area contributed by atoms with Crippen LogP contribution in [0.5, 0.6) is 0 Å². The summed E-state index contributed by atoms with van der Waals surface area (Å²) in [6, 6.07) is 0. The van der Waals surface area contributed by atoms with Crippen molar-refractivity contribution >= 4 is 31.2 Å². The standard InChI is InChI=1S/C38H66NO9P/c1-3-5-7-9-11-13-15-17-19-21-23-25-27-31-33(40)29-30-34(41)32(28-26-24-22-20-18-16-14-12-10-8-6-4-2)36(43)39(35(31)42)37-38(44)47-49(45,46-37)48-38/h31-32,37,44H,3-30H2,1-2H3. The highest BCUT2D eigenvalue weighted by atomic mass is 31.2. The van der Waals surface area contributed by atoms with Crippen molar-refractivity contribution < 1.29 is 42.4 Å². The van der Waals surface area contributed by atoms with E-state index in [0.29, 0.717) is 17.7 Å². The molecule has 0 saturated carbocycles. The van der Waals surface area contributed by atoms with Crippen molar-refractivity contribution in [1.29, 1.82) is 0 Å². The highest BCUT2D eigenvalue weighted by molar-refractivity contribution is 7.50. The molecule has 0 spiro atoms. The Morgan fingerprint density at radius 2 is 0.878 bits per heavy atom. The second-order valence-corrected chi connectivity index (χ2v) is 16.1.